The summed E-state index contributed by atoms with van der Waals surface area (Å²) < 4.78 is 31.5. The summed E-state index contributed by atoms with van der Waals surface area (Å²) in [6.07, 6.45) is 4.93. The Morgan fingerprint density at radius 1 is 1.13 bits per heavy atom. The highest BCUT2D eigenvalue weighted by Crippen LogP contribution is 2.39. The minimum absolute atomic E-state index is 0.172. The lowest BCUT2D eigenvalue weighted by atomic mass is 9.78. The van der Waals surface area contributed by atoms with Gasteiger partial charge in [-0.25, -0.2) is 9.18 Å². The van der Waals surface area contributed by atoms with Crippen molar-refractivity contribution in [3.8, 4) is 0 Å². The Kier molecular flexibility index (Phi) is 7.24. The number of hydrogen-bond acceptors (Lipinski definition) is 4. The Labute approximate surface area is 179 Å². The number of amides is 1. The van der Waals surface area contributed by atoms with Crippen LogP contribution in [0.3, 0.4) is 0 Å². The Balaban J connectivity index is 1.37. The number of alkyl carbamates (subject to hydrolysis) is 1. The van der Waals surface area contributed by atoms with Crippen LogP contribution in [0, 0.1) is 11.8 Å². The van der Waals surface area contributed by atoms with Gasteiger partial charge in [0.2, 0.25) is 0 Å². The van der Waals surface area contributed by atoms with Crippen LogP contribution in [0.5, 0.6) is 0 Å². The van der Waals surface area contributed by atoms with E-state index in [1.165, 1.54) is 0 Å². The first-order valence-corrected chi connectivity index (χ1v) is 10.8. The molecule has 5 nitrogen and oxygen atoms in total. The quantitative estimate of drug-likeness (QED) is 0.646. The van der Waals surface area contributed by atoms with E-state index in [4.69, 9.17) is 14.0 Å². The van der Waals surface area contributed by atoms with E-state index in [-0.39, 0.29) is 18.3 Å². The predicted molar refractivity (Wildman–Crippen MR) is 115 cm³/mol. The van der Waals surface area contributed by atoms with E-state index >= 15 is 0 Å². The van der Waals surface area contributed by atoms with Crippen molar-refractivity contribution in [2.75, 3.05) is 6.54 Å². The van der Waals surface area contributed by atoms with Gasteiger partial charge in [-0.3, -0.25) is 0 Å². The smallest absolute Gasteiger partial charge is 0.445 e. The van der Waals surface area contributed by atoms with Gasteiger partial charge in [0.15, 0.2) is 0 Å². The molecule has 164 valence electrons. The molecule has 1 aromatic rings. The van der Waals surface area contributed by atoms with Gasteiger partial charge in [-0.2, -0.15) is 0 Å². The van der Waals surface area contributed by atoms with E-state index < -0.39 is 24.4 Å². The van der Waals surface area contributed by atoms with Gasteiger partial charge in [-0.15, -0.1) is 0 Å². The standard InChI is InChI=1S/C23H33BFNO4/c1-22(2)23(3,4)30-24(29-22)20(25)14-17-10-12-18(13-11-17)15-26-21(27)28-16-19-8-6-5-7-9-19/h5-9,14,17-18H,10-13,15-16H2,1-4H3,(H,26,27). The summed E-state index contributed by atoms with van der Waals surface area (Å²) in [6.45, 7) is 8.53. The lowest BCUT2D eigenvalue weighted by Crippen LogP contribution is -2.41. The molecule has 1 heterocycles. The number of benzene rings is 1. The van der Waals surface area contributed by atoms with Crippen molar-refractivity contribution in [3.05, 3.63) is 47.7 Å². The summed E-state index contributed by atoms with van der Waals surface area (Å²) in [5.74, 6) is 0.559. The highest BCUT2D eigenvalue weighted by Gasteiger charge is 2.53. The monoisotopic (exact) mass is 417 g/mol. The molecule has 1 aliphatic carbocycles. The number of hydrogen-bond donors (Lipinski definition) is 1. The van der Waals surface area contributed by atoms with Gasteiger partial charge in [0, 0.05) is 6.54 Å². The molecule has 0 radical (unpaired) electrons. The summed E-state index contributed by atoms with van der Waals surface area (Å²) in [5.41, 5.74) is -0.452. The largest absolute Gasteiger partial charge is 0.524 e. The molecule has 30 heavy (non-hydrogen) atoms. The van der Waals surface area contributed by atoms with E-state index in [1.807, 2.05) is 58.0 Å². The summed E-state index contributed by atoms with van der Waals surface area (Å²) in [7, 11) is -0.922. The maximum Gasteiger partial charge on any atom is 0.524 e. The maximum atomic E-state index is 14.7. The van der Waals surface area contributed by atoms with Crippen LogP contribution in [0.2, 0.25) is 0 Å². The number of rotatable bonds is 6. The number of carbonyl (C=O) groups excluding carboxylic acids is 1. The highest BCUT2D eigenvalue weighted by atomic mass is 19.1. The van der Waals surface area contributed by atoms with E-state index in [9.17, 15) is 9.18 Å². The summed E-state index contributed by atoms with van der Waals surface area (Å²) in [6, 6.07) is 9.60. The zero-order valence-electron chi connectivity index (χ0n) is 18.4. The average molecular weight is 417 g/mol. The predicted octanol–water partition coefficient (Wildman–Crippen LogP) is 5.20. The van der Waals surface area contributed by atoms with Crippen molar-refractivity contribution in [3.63, 3.8) is 0 Å². The molecule has 1 amide bonds. The van der Waals surface area contributed by atoms with Crippen LogP contribution in [-0.4, -0.2) is 31.0 Å². The summed E-state index contributed by atoms with van der Waals surface area (Å²) >= 11 is 0. The average Bonchev–Trinajstić information content (AvgIpc) is 2.94. The SMILES string of the molecule is CC1(C)OB(C(F)=CC2CCC(CNC(=O)OCc3ccccc3)CC2)OC1(C)C. The summed E-state index contributed by atoms with van der Waals surface area (Å²) in [4.78, 5) is 11.9. The number of halogens is 1. The minimum atomic E-state index is -0.922. The van der Waals surface area contributed by atoms with Crippen LogP contribution in [0.1, 0.15) is 58.9 Å². The van der Waals surface area contributed by atoms with Crippen molar-refractivity contribution in [2.45, 2.75) is 71.2 Å². The third kappa shape index (κ3) is 5.85. The molecule has 3 rings (SSSR count). The normalized spacial score (nSPS) is 25.8. The van der Waals surface area contributed by atoms with Gasteiger partial charge in [0.05, 0.1) is 11.2 Å². The minimum Gasteiger partial charge on any atom is -0.445 e. The second-order valence-electron chi connectivity index (χ2n) is 9.36. The van der Waals surface area contributed by atoms with Crippen LogP contribution >= 0.6 is 0 Å². The molecule has 1 aliphatic heterocycles. The third-order valence-corrected chi connectivity index (χ3v) is 6.51. The van der Waals surface area contributed by atoms with Crippen molar-refractivity contribution in [2.24, 2.45) is 11.8 Å². The van der Waals surface area contributed by atoms with Crippen LogP contribution in [0.25, 0.3) is 0 Å². The van der Waals surface area contributed by atoms with Crippen molar-refractivity contribution in [1.29, 1.82) is 0 Å². The molecular formula is C23H33BFNO4. The van der Waals surface area contributed by atoms with Crippen LogP contribution in [0.15, 0.2) is 42.1 Å². The van der Waals surface area contributed by atoms with Gasteiger partial charge in [-0.05, 0) is 70.8 Å². The second kappa shape index (κ2) is 9.52. The maximum absolute atomic E-state index is 14.7. The molecule has 0 spiro atoms. The fourth-order valence-electron chi connectivity index (χ4n) is 3.82. The van der Waals surface area contributed by atoms with E-state index in [0.717, 1.165) is 31.2 Å². The number of allylic oxidation sites excluding steroid dienone is 1. The zero-order valence-corrected chi connectivity index (χ0v) is 18.4. The molecule has 2 fully saturated rings. The molecule has 0 aromatic heterocycles. The molecule has 1 N–H and O–H groups in total. The Morgan fingerprint density at radius 3 is 2.33 bits per heavy atom. The number of ether oxygens (including phenoxy) is 1. The van der Waals surface area contributed by atoms with Crippen LogP contribution < -0.4 is 5.32 Å². The molecule has 0 bridgehead atoms. The molecule has 0 unspecified atom stereocenters. The zero-order chi connectivity index (χ0) is 21.8. The lowest BCUT2D eigenvalue weighted by molar-refractivity contribution is 0.00578. The van der Waals surface area contributed by atoms with Gasteiger partial charge < -0.3 is 19.4 Å². The van der Waals surface area contributed by atoms with Gasteiger partial charge in [0.1, 0.15) is 12.3 Å². The summed E-state index contributed by atoms with van der Waals surface area (Å²) in [5, 5.41) is 2.85. The highest BCUT2D eigenvalue weighted by molar-refractivity contribution is 6.53. The molecule has 2 aliphatic rings. The van der Waals surface area contributed by atoms with Crippen molar-refractivity contribution in [1.82, 2.24) is 5.32 Å². The second-order valence-corrected chi connectivity index (χ2v) is 9.36. The van der Waals surface area contributed by atoms with Gasteiger partial charge >= 0.3 is 13.2 Å². The molecule has 1 aromatic carbocycles. The Bertz CT molecular complexity index is 729. The number of carbonyl (C=O) groups is 1. The lowest BCUT2D eigenvalue weighted by Gasteiger charge is -2.32. The third-order valence-electron chi connectivity index (χ3n) is 6.51. The Morgan fingerprint density at radius 2 is 1.73 bits per heavy atom. The van der Waals surface area contributed by atoms with Crippen molar-refractivity contribution < 1.29 is 23.2 Å². The van der Waals surface area contributed by atoms with Gasteiger partial charge in [0.25, 0.3) is 0 Å². The van der Waals surface area contributed by atoms with E-state index in [1.54, 1.807) is 6.08 Å². The first kappa shape index (κ1) is 22.8. The molecule has 0 atom stereocenters. The van der Waals surface area contributed by atoms with E-state index in [2.05, 4.69) is 5.32 Å². The first-order chi connectivity index (χ1) is 14.2. The van der Waals surface area contributed by atoms with Crippen LogP contribution in [-0.2, 0) is 20.7 Å². The van der Waals surface area contributed by atoms with Gasteiger partial charge in [-0.1, -0.05) is 36.4 Å². The number of nitrogens with one attached hydrogen (secondary N) is 1. The fourth-order valence-corrected chi connectivity index (χ4v) is 3.82. The molecule has 7 heteroatoms. The van der Waals surface area contributed by atoms with Crippen LogP contribution in [0.4, 0.5) is 9.18 Å². The fraction of sp³-hybridized carbons (Fsp3) is 0.609. The topological polar surface area (TPSA) is 56.8 Å². The molecule has 1 saturated carbocycles. The van der Waals surface area contributed by atoms with Crippen molar-refractivity contribution >= 4 is 13.2 Å². The molecule has 1 saturated heterocycles. The first-order valence-electron chi connectivity index (χ1n) is 10.8. The molecular weight excluding hydrogens is 384 g/mol. The Hall–Kier alpha value is -1.86. The van der Waals surface area contributed by atoms with E-state index in [0.29, 0.717) is 12.5 Å².